The summed E-state index contributed by atoms with van der Waals surface area (Å²) < 4.78 is 0. The van der Waals surface area contributed by atoms with Gasteiger partial charge in [-0.05, 0) is 38.1 Å². The highest BCUT2D eigenvalue weighted by Gasteiger charge is 2.17. The Kier molecular flexibility index (Phi) is 6.63. The topological polar surface area (TPSA) is 32.3 Å². The highest BCUT2D eigenvalue weighted by molar-refractivity contribution is 6.35. The molecule has 106 valence electrons. The van der Waals surface area contributed by atoms with Crippen LogP contribution in [0.2, 0.25) is 10.0 Å². The number of carbonyl (C=O) groups excluding carboxylic acids is 1. The van der Waals surface area contributed by atoms with Gasteiger partial charge in [-0.1, -0.05) is 36.2 Å². The molecule has 0 aromatic heterocycles. The molecule has 1 rings (SSSR count). The number of carbonyl (C=O) groups is 1. The van der Waals surface area contributed by atoms with E-state index in [4.69, 9.17) is 23.2 Å². The molecule has 0 bridgehead atoms. The molecule has 1 amide bonds. The van der Waals surface area contributed by atoms with Crippen molar-refractivity contribution >= 4 is 29.1 Å². The lowest BCUT2D eigenvalue weighted by Crippen LogP contribution is -2.36. The molecule has 0 fully saturated rings. The van der Waals surface area contributed by atoms with Crippen LogP contribution in [0.5, 0.6) is 0 Å². The van der Waals surface area contributed by atoms with Crippen LogP contribution in [0.4, 0.5) is 0 Å². The van der Waals surface area contributed by atoms with Gasteiger partial charge in [-0.3, -0.25) is 9.69 Å². The third-order valence-corrected chi connectivity index (χ3v) is 3.60. The van der Waals surface area contributed by atoms with E-state index in [-0.39, 0.29) is 11.9 Å². The van der Waals surface area contributed by atoms with Crippen LogP contribution in [0.15, 0.2) is 18.2 Å². The van der Waals surface area contributed by atoms with E-state index in [0.29, 0.717) is 23.1 Å². The Bertz CT molecular complexity index is 437. The molecule has 0 aliphatic rings. The lowest BCUT2D eigenvalue weighted by molar-refractivity contribution is -0.122. The number of rotatable bonds is 6. The summed E-state index contributed by atoms with van der Waals surface area (Å²) in [6.45, 7) is 5.10. The van der Waals surface area contributed by atoms with Gasteiger partial charge in [0.25, 0.3) is 0 Å². The molecular weight excluding hydrogens is 283 g/mol. The number of likely N-dealkylation sites (N-methyl/N-ethyl adjacent to an activating group) is 1. The zero-order valence-electron chi connectivity index (χ0n) is 11.5. The van der Waals surface area contributed by atoms with Gasteiger partial charge in [0.05, 0.1) is 6.54 Å². The van der Waals surface area contributed by atoms with Crippen LogP contribution < -0.4 is 5.32 Å². The summed E-state index contributed by atoms with van der Waals surface area (Å²) in [5.41, 5.74) is 0.969. The molecule has 5 heteroatoms. The summed E-state index contributed by atoms with van der Waals surface area (Å²) in [6.07, 6.45) is 0.939. The first-order chi connectivity index (χ1) is 8.95. The smallest absolute Gasteiger partial charge is 0.234 e. The number of nitrogens with one attached hydrogen (secondary N) is 1. The van der Waals surface area contributed by atoms with Gasteiger partial charge >= 0.3 is 0 Å². The standard InChI is InChI=1S/C14H20Cl2N2O/c1-4-7-17-14(19)9-18(3)10(2)12-6-5-11(15)8-13(12)16/h5-6,8,10H,4,7,9H2,1-3H3,(H,17,19). The van der Waals surface area contributed by atoms with Gasteiger partial charge in [0.2, 0.25) is 5.91 Å². The van der Waals surface area contributed by atoms with E-state index in [9.17, 15) is 4.79 Å². The fourth-order valence-corrected chi connectivity index (χ4v) is 2.33. The van der Waals surface area contributed by atoms with Crippen molar-refractivity contribution in [3.05, 3.63) is 33.8 Å². The Morgan fingerprint density at radius 1 is 1.42 bits per heavy atom. The van der Waals surface area contributed by atoms with Crippen molar-refractivity contribution in [2.24, 2.45) is 0 Å². The van der Waals surface area contributed by atoms with Crippen LogP contribution >= 0.6 is 23.2 Å². The number of halogens is 2. The van der Waals surface area contributed by atoms with Gasteiger partial charge in [-0.2, -0.15) is 0 Å². The Morgan fingerprint density at radius 2 is 2.11 bits per heavy atom. The first kappa shape index (κ1) is 16.3. The summed E-state index contributed by atoms with van der Waals surface area (Å²) in [6, 6.07) is 5.48. The average molecular weight is 303 g/mol. The van der Waals surface area contributed by atoms with Crippen LogP contribution in [-0.4, -0.2) is 30.9 Å². The third kappa shape index (κ3) is 5.01. The molecule has 1 aromatic carbocycles. The monoisotopic (exact) mass is 302 g/mol. The molecule has 1 unspecified atom stereocenters. The number of benzene rings is 1. The van der Waals surface area contributed by atoms with Crippen molar-refractivity contribution in [1.29, 1.82) is 0 Å². The van der Waals surface area contributed by atoms with Crippen LogP contribution in [0, 0.1) is 0 Å². The molecule has 1 aromatic rings. The quantitative estimate of drug-likeness (QED) is 0.872. The van der Waals surface area contributed by atoms with E-state index in [1.165, 1.54) is 0 Å². The first-order valence-corrected chi connectivity index (χ1v) is 7.13. The second-order valence-electron chi connectivity index (χ2n) is 4.61. The number of nitrogens with zero attached hydrogens (tertiary/aromatic N) is 1. The predicted octanol–water partition coefficient (Wildman–Crippen LogP) is 3.51. The Labute approximate surface area is 124 Å². The summed E-state index contributed by atoms with van der Waals surface area (Å²) in [4.78, 5) is 13.6. The highest BCUT2D eigenvalue weighted by Crippen LogP contribution is 2.28. The maximum atomic E-state index is 11.7. The minimum absolute atomic E-state index is 0.0290. The average Bonchev–Trinajstić information content (AvgIpc) is 2.35. The summed E-state index contributed by atoms with van der Waals surface area (Å²) >= 11 is 12.1. The van der Waals surface area contributed by atoms with Crippen molar-refractivity contribution in [2.45, 2.75) is 26.3 Å². The Balaban J connectivity index is 2.65. The summed E-state index contributed by atoms with van der Waals surface area (Å²) in [5, 5.41) is 4.10. The first-order valence-electron chi connectivity index (χ1n) is 6.37. The van der Waals surface area contributed by atoms with Gasteiger partial charge in [0, 0.05) is 22.6 Å². The van der Waals surface area contributed by atoms with Gasteiger partial charge in [-0.25, -0.2) is 0 Å². The molecule has 3 nitrogen and oxygen atoms in total. The number of hydrogen-bond acceptors (Lipinski definition) is 2. The Morgan fingerprint density at radius 3 is 2.68 bits per heavy atom. The fraction of sp³-hybridized carbons (Fsp3) is 0.500. The van der Waals surface area contributed by atoms with Crippen molar-refractivity contribution in [1.82, 2.24) is 10.2 Å². The van der Waals surface area contributed by atoms with Crippen molar-refractivity contribution in [2.75, 3.05) is 20.1 Å². The van der Waals surface area contributed by atoms with Crippen molar-refractivity contribution < 1.29 is 4.79 Å². The molecule has 1 atom stereocenters. The predicted molar refractivity (Wildman–Crippen MR) is 80.8 cm³/mol. The molecule has 0 aliphatic carbocycles. The second kappa shape index (κ2) is 7.73. The van der Waals surface area contributed by atoms with E-state index in [1.807, 2.05) is 37.9 Å². The molecule has 0 saturated heterocycles. The Hall–Kier alpha value is -0.770. The molecule has 0 saturated carbocycles. The maximum Gasteiger partial charge on any atom is 0.234 e. The van der Waals surface area contributed by atoms with Crippen LogP contribution in [0.3, 0.4) is 0 Å². The lowest BCUT2D eigenvalue weighted by Gasteiger charge is -2.25. The maximum absolute atomic E-state index is 11.7. The van der Waals surface area contributed by atoms with E-state index in [1.54, 1.807) is 6.07 Å². The second-order valence-corrected chi connectivity index (χ2v) is 5.45. The lowest BCUT2D eigenvalue weighted by atomic mass is 10.1. The van der Waals surface area contributed by atoms with Crippen molar-refractivity contribution in [3.8, 4) is 0 Å². The fourth-order valence-electron chi connectivity index (χ4n) is 1.76. The van der Waals surface area contributed by atoms with E-state index in [2.05, 4.69) is 5.32 Å². The van der Waals surface area contributed by atoms with E-state index in [0.717, 1.165) is 12.0 Å². The van der Waals surface area contributed by atoms with Crippen LogP contribution in [0.25, 0.3) is 0 Å². The zero-order chi connectivity index (χ0) is 14.4. The minimum Gasteiger partial charge on any atom is -0.355 e. The number of hydrogen-bond donors (Lipinski definition) is 1. The SMILES string of the molecule is CCCNC(=O)CN(C)C(C)c1ccc(Cl)cc1Cl. The van der Waals surface area contributed by atoms with Gasteiger partial charge in [0.1, 0.15) is 0 Å². The van der Waals surface area contributed by atoms with Gasteiger partial charge in [-0.15, -0.1) is 0 Å². The minimum atomic E-state index is 0.0290. The van der Waals surface area contributed by atoms with Crippen LogP contribution in [0.1, 0.15) is 31.9 Å². The summed E-state index contributed by atoms with van der Waals surface area (Å²) in [7, 11) is 1.90. The van der Waals surface area contributed by atoms with Gasteiger partial charge < -0.3 is 5.32 Å². The summed E-state index contributed by atoms with van der Waals surface area (Å²) in [5.74, 6) is 0.0290. The molecule has 19 heavy (non-hydrogen) atoms. The van der Waals surface area contributed by atoms with Crippen LogP contribution in [-0.2, 0) is 4.79 Å². The molecule has 0 aliphatic heterocycles. The van der Waals surface area contributed by atoms with Gasteiger partial charge in [0.15, 0.2) is 0 Å². The van der Waals surface area contributed by atoms with E-state index < -0.39 is 0 Å². The molecule has 0 radical (unpaired) electrons. The number of amides is 1. The third-order valence-electron chi connectivity index (χ3n) is 3.04. The highest BCUT2D eigenvalue weighted by atomic mass is 35.5. The zero-order valence-corrected chi connectivity index (χ0v) is 13.1. The largest absolute Gasteiger partial charge is 0.355 e. The van der Waals surface area contributed by atoms with E-state index >= 15 is 0 Å². The normalized spacial score (nSPS) is 12.5. The molecule has 1 N–H and O–H groups in total. The molecule has 0 spiro atoms. The van der Waals surface area contributed by atoms with Crippen molar-refractivity contribution in [3.63, 3.8) is 0 Å². The molecule has 0 heterocycles. The molecular formula is C14H20Cl2N2O.